The molecule has 5 heteroatoms. The van der Waals surface area contributed by atoms with Crippen molar-refractivity contribution >= 4 is 17.5 Å². The van der Waals surface area contributed by atoms with E-state index in [1.54, 1.807) is 24.3 Å². The second-order valence-corrected chi connectivity index (χ2v) is 5.28. The lowest BCUT2D eigenvalue weighted by Crippen LogP contribution is -2.27. The van der Waals surface area contributed by atoms with Gasteiger partial charge in [-0.25, -0.2) is 0 Å². The molecule has 1 heterocycles. The summed E-state index contributed by atoms with van der Waals surface area (Å²) in [5.74, 6) is -0.244. The van der Waals surface area contributed by atoms with Crippen LogP contribution in [0.1, 0.15) is 28.7 Å². The fourth-order valence-corrected chi connectivity index (χ4v) is 2.34. The van der Waals surface area contributed by atoms with Crippen LogP contribution in [-0.2, 0) is 11.3 Å². The van der Waals surface area contributed by atoms with Gasteiger partial charge in [-0.3, -0.25) is 9.59 Å². The van der Waals surface area contributed by atoms with Crippen LogP contribution in [0.2, 0.25) is 0 Å². The van der Waals surface area contributed by atoms with E-state index in [2.05, 4.69) is 41.2 Å². The standard InChI is InChI=1S/C17H21N3O2/c1-12-4-5-13(2)20(12)11-10-18-17(22)15-6-8-16(9-7-15)19-14(3)21/h4-9H,10-11H2,1-3H3,(H,18,22)(H,19,21). The highest BCUT2D eigenvalue weighted by Gasteiger charge is 2.06. The number of amides is 2. The van der Waals surface area contributed by atoms with Crippen molar-refractivity contribution in [3.63, 3.8) is 0 Å². The molecular weight excluding hydrogens is 278 g/mol. The van der Waals surface area contributed by atoms with E-state index in [0.29, 0.717) is 17.8 Å². The largest absolute Gasteiger partial charge is 0.350 e. The Morgan fingerprint density at radius 1 is 1.00 bits per heavy atom. The van der Waals surface area contributed by atoms with E-state index in [9.17, 15) is 9.59 Å². The molecule has 2 aromatic rings. The van der Waals surface area contributed by atoms with Crippen molar-refractivity contribution in [1.82, 2.24) is 9.88 Å². The van der Waals surface area contributed by atoms with Gasteiger partial charge in [-0.05, 0) is 50.2 Å². The van der Waals surface area contributed by atoms with E-state index in [4.69, 9.17) is 0 Å². The Bertz CT molecular complexity index is 652. The van der Waals surface area contributed by atoms with Gasteiger partial charge in [0.05, 0.1) is 0 Å². The summed E-state index contributed by atoms with van der Waals surface area (Å²) in [4.78, 5) is 23.0. The molecule has 1 aromatic heterocycles. The molecule has 5 nitrogen and oxygen atoms in total. The van der Waals surface area contributed by atoms with Crippen molar-refractivity contribution in [2.45, 2.75) is 27.3 Å². The molecule has 2 N–H and O–H groups in total. The molecule has 0 aliphatic heterocycles. The number of hydrogen-bond acceptors (Lipinski definition) is 2. The molecule has 2 rings (SSSR count). The van der Waals surface area contributed by atoms with Gasteiger partial charge in [0.15, 0.2) is 0 Å². The summed E-state index contributed by atoms with van der Waals surface area (Å²) < 4.78 is 2.17. The number of nitrogens with one attached hydrogen (secondary N) is 2. The Hall–Kier alpha value is -2.56. The van der Waals surface area contributed by atoms with Crippen molar-refractivity contribution in [2.75, 3.05) is 11.9 Å². The minimum absolute atomic E-state index is 0.114. The number of anilines is 1. The highest BCUT2D eigenvalue weighted by molar-refractivity contribution is 5.95. The van der Waals surface area contributed by atoms with Gasteiger partial charge in [-0.2, -0.15) is 0 Å². The summed E-state index contributed by atoms with van der Waals surface area (Å²) in [6.07, 6.45) is 0. The van der Waals surface area contributed by atoms with Crippen molar-refractivity contribution in [1.29, 1.82) is 0 Å². The molecule has 0 atom stereocenters. The third-order valence-corrected chi connectivity index (χ3v) is 3.51. The number of carbonyl (C=O) groups excluding carboxylic acids is 2. The van der Waals surface area contributed by atoms with Crippen molar-refractivity contribution in [3.05, 3.63) is 53.3 Å². The predicted molar refractivity (Wildman–Crippen MR) is 87.0 cm³/mol. The monoisotopic (exact) mass is 299 g/mol. The highest BCUT2D eigenvalue weighted by Crippen LogP contribution is 2.10. The summed E-state index contributed by atoms with van der Waals surface area (Å²) in [5, 5.41) is 5.58. The number of carbonyl (C=O) groups is 2. The molecule has 0 unspecified atom stereocenters. The third-order valence-electron chi connectivity index (χ3n) is 3.51. The molecule has 22 heavy (non-hydrogen) atoms. The van der Waals surface area contributed by atoms with Crippen LogP contribution in [0.3, 0.4) is 0 Å². The number of nitrogens with zero attached hydrogens (tertiary/aromatic N) is 1. The topological polar surface area (TPSA) is 63.1 Å². The van der Waals surface area contributed by atoms with E-state index in [0.717, 1.165) is 6.54 Å². The van der Waals surface area contributed by atoms with Gasteiger partial charge in [0, 0.05) is 42.7 Å². The average molecular weight is 299 g/mol. The second-order valence-electron chi connectivity index (χ2n) is 5.28. The van der Waals surface area contributed by atoms with Crippen LogP contribution in [0.4, 0.5) is 5.69 Å². The first-order valence-electron chi connectivity index (χ1n) is 7.26. The van der Waals surface area contributed by atoms with Crippen molar-refractivity contribution in [3.8, 4) is 0 Å². The van der Waals surface area contributed by atoms with Crippen molar-refractivity contribution in [2.24, 2.45) is 0 Å². The zero-order chi connectivity index (χ0) is 16.1. The number of hydrogen-bond donors (Lipinski definition) is 2. The van der Waals surface area contributed by atoms with Crippen LogP contribution in [0.25, 0.3) is 0 Å². The van der Waals surface area contributed by atoms with E-state index in [1.165, 1.54) is 18.3 Å². The molecular formula is C17H21N3O2. The molecule has 0 aliphatic rings. The SMILES string of the molecule is CC(=O)Nc1ccc(C(=O)NCCn2c(C)ccc2C)cc1. The van der Waals surface area contributed by atoms with Crippen LogP contribution >= 0.6 is 0 Å². The Morgan fingerprint density at radius 3 is 2.14 bits per heavy atom. The quantitative estimate of drug-likeness (QED) is 0.891. The van der Waals surface area contributed by atoms with Crippen LogP contribution in [0, 0.1) is 13.8 Å². The Balaban J connectivity index is 1.88. The van der Waals surface area contributed by atoms with E-state index < -0.39 is 0 Å². The molecule has 0 saturated carbocycles. The summed E-state index contributed by atoms with van der Waals surface area (Å²) in [6.45, 7) is 6.88. The van der Waals surface area contributed by atoms with E-state index in [1.807, 2.05) is 0 Å². The molecule has 2 amide bonds. The van der Waals surface area contributed by atoms with Crippen LogP contribution < -0.4 is 10.6 Å². The molecule has 0 bridgehead atoms. The Labute approximate surface area is 130 Å². The number of aromatic nitrogens is 1. The Kier molecular flexibility index (Phi) is 4.99. The molecule has 0 fully saturated rings. The lowest BCUT2D eigenvalue weighted by Gasteiger charge is -2.10. The van der Waals surface area contributed by atoms with Gasteiger partial charge in [0.1, 0.15) is 0 Å². The number of aryl methyl sites for hydroxylation is 2. The van der Waals surface area contributed by atoms with Gasteiger partial charge in [-0.15, -0.1) is 0 Å². The maximum atomic E-state index is 12.1. The predicted octanol–water partition coefficient (Wildman–Crippen LogP) is 2.49. The summed E-state index contributed by atoms with van der Waals surface area (Å²) in [5.41, 5.74) is 3.63. The summed E-state index contributed by atoms with van der Waals surface area (Å²) >= 11 is 0. The highest BCUT2D eigenvalue weighted by atomic mass is 16.2. The maximum absolute atomic E-state index is 12.1. The second kappa shape index (κ2) is 6.93. The minimum Gasteiger partial charge on any atom is -0.350 e. The van der Waals surface area contributed by atoms with Crippen LogP contribution in [0.5, 0.6) is 0 Å². The normalized spacial score (nSPS) is 10.3. The lowest BCUT2D eigenvalue weighted by molar-refractivity contribution is -0.114. The van der Waals surface area contributed by atoms with Crippen LogP contribution in [0.15, 0.2) is 36.4 Å². The zero-order valence-corrected chi connectivity index (χ0v) is 13.1. The molecule has 1 aromatic carbocycles. The smallest absolute Gasteiger partial charge is 0.251 e. The first-order valence-corrected chi connectivity index (χ1v) is 7.26. The fraction of sp³-hybridized carbons (Fsp3) is 0.294. The first-order chi connectivity index (χ1) is 10.5. The fourth-order valence-electron chi connectivity index (χ4n) is 2.34. The number of benzene rings is 1. The molecule has 0 spiro atoms. The molecule has 0 radical (unpaired) electrons. The molecule has 0 saturated heterocycles. The van der Waals surface area contributed by atoms with Gasteiger partial charge in [0.25, 0.3) is 5.91 Å². The summed E-state index contributed by atoms with van der Waals surface area (Å²) in [6, 6.07) is 11.0. The zero-order valence-electron chi connectivity index (χ0n) is 13.1. The summed E-state index contributed by atoms with van der Waals surface area (Å²) in [7, 11) is 0. The first kappa shape index (κ1) is 15.8. The van der Waals surface area contributed by atoms with E-state index >= 15 is 0 Å². The third kappa shape index (κ3) is 3.97. The van der Waals surface area contributed by atoms with Gasteiger partial charge in [0.2, 0.25) is 5.91 Å². The van der Waals surface area contributed by atoms with Crippen LogP contribution in [-0.4, -0.2) is 22.9 Å². The van der Waals surface area contributed by atoms with Gasteiger partial charge < -0.3 is 15.2 Å². The molecule has 0 aliphatic carbocycles. The van der Waals surface area contributed by atoms with Gasteiger partial charge >= 0.3 is 0 Å². The molecule has 116 valence electrons. The maximum Gasteiger partial charge on any atom is 0.251 e. The van der Waals surface area contributed by atoms with Crippen molar-refractivity contribution < 1.29 is 9.59 Å². The average Bonchev–Trinajstić information content (AvgIpc) is 2.79. The van der Waals surface area contributed by atoms with Gasteiger partial charge in [-0.1, -0.05) is 0 Å². The van der Waals surface area contributed by atoms with E-state index in [-0.39, 0.29) is 11.8 Å². The lowest BCUT2D eigenvalue weighted by atomic mass is 10.2. The Morgan fingerprint density at radius 2 is 1.59 bits per heavy atom. The number of rotatable bonds is 5. The minimum atomic E-state index is -0.130.